The van der Waals surface area contributed by atoms with Crippen molar-refractivity contribution in [3.05, 3.63) is 11.9 Å². The van der Waals surface area contributed by atoms with Crippen molar-refractivity contribution in [3.8, 4) is 0 Å². The average Bonchev–Trinajstić information content (AvgIpc) is 2.61. The molecule has 0 saturated heterocycles. The Bertz CT molecular complexity index is 400. The van der Waals surface area contributed by atoms with E-state index >= 15 is 0 Å². The van der Waals surface area contributed by atoms with Gasteiger partial charge >= 0.3 is 5.97 Å². The highest BCUT2D eigenvalue weighted by Gasteiger charge is 2.08. The van der Waals surface area contributed by atoms with Gasteiger partial charge in [-0.15, -0.1) is 5.10 Å². The van der Waals surface area contributed by atoms with Crippen molar-refractivity contribution in [1.82, 2.24) is 20.3 Å². The van der Waals surface area contributed by atoms with Gasteiger partial charge in [-0.25, -0.2) is 4.68 Å². The molecule has 7 nitrogen and oxygen atoms in total. The minimum absolute atomic E-state index is 0.0108. The van der Waals surface area contributed by atoms with E-state index in [2.05, 4.69) is 15.6 Å². The molecule has 0 bridgehead atoms. The monoisotopic (exact) mass is 240 g/mol. The fraction of sp³-hybridized carbons (Fsp3) is 0.600. The Kier molecular flexibility index (Phi) is 4.62. The summed E-state index contributed by atoms with van der Waals surface area (Å²) in [7, 11) is 0. The second kappa shape index (κ2) is 5.97. The normalized spacial score (nSPS) is 10.5. The molecule has 0 saturated carbocycles. The van der Waals surface area contributed by atoms with Crippen LogP contribution in [0.25, 0.3) is 0 Å². The van der Waals surface area contributed by atoms with Crippen LogP contribution >= 0.6 is 0 Å². The summed E-state index contributed by atoms with van der Waals surface area (Å²) < 4.78 is 1.40. The van der Waals surface area contributed by atoms with Gasteiger partial charge in [-0.1, -0.05) is 5.21 Å². The molecule has 0 aliphatic carbocycles. The van der Waals surface area contributed by atoms with Gasteiger partial charge in [0.25, 0.3) is 0 Å². The Labute approximate surface area is 98.8 Å². The fourth-order valence-corrected chi connectivity index (χ4v) is 1.28. The van der Waals surface area contributed by atoms with E-state index in [0.717, 1.165) is 0 Å². The molecule has 7 heteroatoms. The van der Waals surface area contributed by atoms with Gasteiger partial charge in [-0.05, 0) is 13.8 Å². The average molecular weight is 240 g/mol. The third-order valence-electron chi connectivity index (χ3n) is 1.94. The van der Waals surface area contributed by atoms with E-state index in [1.807, 2.05) is 13.8 Å². The van der Waals surface area contributed by atoms with Crippen LogP contribution in [0.5, 0.6) is 0 Å². The molecule has 1 heterocycles. The minimum atomic E-state index is -0.878. The van der Waals surface area contributed by atoms with E-state index in [1.165, 1.54) is 4.68 Å². The zero-order valence-electron chi connectivity index (χ0n) is 9.88. The van der Waals surface area contributed by atoms with Gasteiger partial charge in [0, 0.05) is 18.7 Å². The lowest BCUT2D eigenvalue weighted by Crippen LogP contribution is -2.33. The van der Waals surface area contributed by atoms with Crippen molar-refractivity contribution < 1.29 is 14.7 Å². The highest BCUT2D eigenvalue weighted by Crippen LogP contribution is 1.98. The third-order valence-corrected chi connectivity index (χ3v) is 1.94. The summed E-state index contributed by atoms with van der Waals surface area (Å²) in [6, 6.07) is 0.0810. The summed E-state index contributed by atoms with van der Waals surface area (Å²) in [4.78, 5) is 21.8. The molecule has 2 N–H and O–H groups in total. The van der Waals surface area contributed by atoms with Gasteiger partial charge in [-0.3, -0.25) is 9.59 Å². The van der Waals surface area contributed by atoms with E-state index in [0.29, 0.717) is 12.1 Å². The summed E-state index contributed by atoms with van der Waals surface area (Å²) in [6.45, 7) is 3.84. The zero-order valence-corrected chi connectivity index (χ0v) is 9.88. The molecule has 0 aliphatic rings. The van der Waals surface area contributed by atoms with Gasteiger partial charge < -0.3 is 10.4 Å². The lowest BCUT2D eigenvalue weighted by molar-refractivity contribution is -0.137. The van der Waals surface area contributed by atoms with Gasteiger partial charge in [-0.2, -0.15) is 0 Å². The quantitative estimate of drug-likeness (QED) is 0.719. The van der Waals surface area contributed by atoms with E-state index in [9.17, 15) is 9.59 Å². The van der Waals surface area contributed by atoms with E-state index in [-0.39, 0.29) is 24.9 Å². The van der Waals surface area contributed by atoms with E-state index in [4.69, 9.17) is 5.11 Å². The van der Waals surface area contributed by atoms with Crippen molar-refractivity contribution >= 4 is 11.9 Å². The van der Waals surface area contributed by atoms with Gasteiger partial charge in [0.1, 0.15) is 6.54 Å². The first-order chi connectivity index (χ1) is 7.97. The maximum atomic E-state index is 11.4. The summed E-state index contributed by atoms with van der Waals surface area (Å²) in [5.74, 6) is -1.02. The SMILES string of the molecule is CC(C)NC(=O)Cn1cc(CCC(=O)O)nn1. The molecule has 0 unspecified atom stereocenters. The molecular formula is C10H16N4O3. The number of hydrogen-bond donors (Lipinski definition) is 2. The molecule has 1 amide bonds. The van der Waals surface area contributed by atoms with Crippen LogP contribution in [0.15, 0.2) is 6.20 Å². The molecule has 1 aromatic rings. The molecule has 1 aromatic heterocycles. The van der Waals surface area contributed by atoms with Crippen LogP contribution in [-0.4, -0.2) is 38.0 Å². The lowest BCUT2D eigenvalue weighted by Gasteiger charge is -2.07. The van der Waals surface area contributed by atoms with Gasteiger partial charge in [0.2, 0.25) is 5.91 Å². The summed E-state index contributed by atoms with van der Waals surface area (Å²) in [5, 5.41) is 18.8. The Morgan fingerprint density at radius 2 is 2.24 bits per heavy atom. The minimum Gasteiger partial charge on any atom is -0.481 e. The van der Waals surface area contributed by atoms with Crippen molar-refractivity contribution in [3.63, 3.8) is 0 Å². The zero-order chi connectivity index (χ0) is 12.8. The molecule has 0 aliphatic heterocycles. The van der Waals surface area contributed by atoms with Gasteiger partial charge in [0.05, 0.1) is 12.1 Å². The molecule has 1 rings (SSSR count). The number of aryl methyl sites for hydroxylation is 1. The number of aliphatic carboxylic acids is 1. The second-order valence-electron chi connectivity index (χ2n) is 4.02. The smallest absolute Gasteiger partial charge is 0.303 e. The molecule has 0 fully saturated rings. The number of carbonyl (C=O) groups excluding carboxylic acids is 1. The number of nitrogens with zero attached hydrogens (tertiary/aromatic N) is 3. The number of carboxylic acid groups (broad SMARTS) is 1. The first-order valence-corrected chi connectivity index (χ1v) is 5.37. The summed E-state index contributed by atoms with van der Waals surface area (Å²) in [5.41, 5.74) is 0.574. The first-order valence-electron chi connectivity index (χ1n) is 5.37. The predicted molar refractivity (Wildman–Crippen MR) is 59.3 cm³/mol. The molecule has 94 valence electrons. The summed E-state index contributed by atoms with van der Waals surface area (Å²) >= 11 is 0. The fourth-order valence-electron chi connectivity index (χ4n) is 1.28. The topological polar surface area (TPSA) is 97.1 Å². The van der Waals surface area contributed by atoms with Crippen LogP contribution in [0, 0.1) is 0 Å². The number of rotatable bonds is 6. The highest BCUT2D eigenvalue weighted by atomic mass is 16.4. The Morgan fingerprint density at radius 1 is 1.53 bits per heavy atom. The number of hydrogen-bond acceptors (Lipinski definition) is 4. The Morgan fingerprint density at radius 3 is 2.82 bits per heavy atom. The number of amides is 1. The van der Waals surface area contributed by atoms with E-state index < -0.39 is 5.97 Å². The number of aromatic nitrogens is 3. The molecular weight excluding hydrogens is 224 g/mol. The van der Waals surface area contributed by atoms with Crippen molar-refractivity contribution in [2.75, 3.05) is 0 Å². The molecule has 0 aromatic carbocycles. The number of nitrogens with one attached hydrogen (secondary N) is 1. The van der Waals surface area contributed by atoms with Crippen LogP contribution in [0.2, 0.25) is 0 Å². The predicted octanol–water partition coefficient (Wildman–Crippen LogP) is -0.180. The Balaban J connectivity index is 2.45. The van der Waals surface area contributed by atoms with Crippen LogP contribution < -0.4 is 5.32 Å². The largest absolute Gasteiger partial charge is 0.481 e. The molecule has 0 spiro atoms. The van der Waals surface area contributed by atoms with Crippen LogP contribution in [0.4, 0.5) is 0 Å². The number of carboxylic acids is 1. The highest BCUT2D eigenvalue weighted by molar-refractivity contribution is 5.75. The first kappa shape index (κ1) is 13.1. The van der Waals surface area contributed by atoms with Crippen molar-refractivity contribution in [2.45, 2.75) is 39.3 Å². The summed E-state index contributed by atoms with van der Waals surface area (Å²) in [6.07, 6.45) is 1.92. The Hall–Kier alpha value is -1.92. The van der Waals surface area contributed by atoms with Gasteiger partial charge in [0.15, 0.2) is 0 Å². The lowest BCUT2D eigenvalue weighted by atomic mass is 10.2. The standard InChI is InChI=1S/C10H16N4O3/c1-7(2)11-9(15)6-14-5-8(12-13-14)3-4-10(16)17/h5,7H,3-4,6H2,1-2H3,(H,11,15)(H,16,17). The molecule has 0 radical (unpaired) electrons. The van der Waals surface area contributed by atoms with Crippen molar-refractivity contribution in [2.24, 2.45) is 0 Å². The number of carbonyl (C=O) groups is 2. The molecule has 17 heavy (non-hydrogen) atoms. The van der Waals surface area contributed by atoms with E-state index in [1.54, 1.807) is 6.20 Å². The van der Waals surface area contributed by atoms with Crippen molar-refractivity contribution in [1.29, 1.82) is 0 Å². The molecule has 0 atom stereocenters. The maximum Gasteiger partial charge on any atom is 0.303 e. The second-order valence-corrected chi connectivity index (χ2v) is 4.02. The van der Waals surface area contributed by atoms with Crippen LogP contribution in [-0.2, 0) is 22.6 Å². The maximum absolute atomic E-state index is 11.4. The van der Waals surface area contributed by atoms with Crippen LogP contribution in [0.3, 0.4) is 0 Å². The van der Waals surface area contributed by atoms with Crippen LogP contribution in [0.1, 0.15) is 26.0 Å². The third kappa shape index (κ3) is 5.10.